The van der Waals surface area contributed by atoms with Gasteiger partial charge in [-0.3, -0.25) is 0 Å². The summed E-state index contributed by atoms with van der Waals surface area (Å²) in [4.78, 5) is 11.4. The van der Waals surface area contributed by atoms with Gasteiger partial charge in [-0.1, -0.05) is 18.2 Å². The van der Waals surface area contributed by atoms with Gasteiger partial charge in [-0.15, -0.1) is 0 Å². The van der Waals surface area contributed by atoms with E-state index >= 15 is 0 Å². The van der Waals surface area contributed by atoms with E-state index in [-0.39, 0.29) is 11.8 Å². The van der Waals surface area contributed by atoms with Gasteiger partial charge in [0.2, 0.25) is 0 Å². The second kappa shape index (κ2) is 3.87. The Hall–Kier alpha value is -1.77. The molecule has 18 heavy (non-hydrogen) atoms. The second-order valence-electron chi connectivity index (χ2n) is 5.36. The summed E-state index contributed by atoms with van der Waals surface area (Å²) in [6.07, 6.45) is 5.13. The quantitative estimate of drug-likeness (QED) is 0.746. The molecule has 1 aromatic carbocycles. The maximum absolute atomic E-state index is 11.4. The van der Waals surface area contributed by atoms with Crippen LogP contribution in [-0.2, 0) is 4.79 Å². The molecule has 0 radical (unpaired) electrons. The van der Waals surface area contributed by atoms with Crippen molar-refractivity contribution < 1.29 is 9.90 Å². The van der Waals surface area contributed by atoms with Crippen LogP contribution in [0.1, 0.15) is 29.0 Å². The summed E-state index contributed by atoms with van der Waals surface area (Å²) < 4.78 is 0. The topological polar surface area (TPSA) is 49.3 Å². The molecule has 1 aromatic rings. The van der Waals surface area contributed by atoms with Gasteiger partial charge in [0.25, 0.3) is 0 Å². The van der Waals surface area contributed by atoms with Crippen LogP contribution in [-0.4, -0.2) is 17.1 Å². The molecule has 1 aliphatic carbocycles. The molecule has 0 unspecified atom stereocenters. The number of aryl methyl sites for hydroxylation is 2. The van der Waals surface area contributed by atoms with Gasteiger partial charge in [-0.2, -0.15) is 0 Å². The highest BCUT2D eigenvalue weighted by Crippen LogP contribution is 2.46. The second-order valence-corrected chi connectivity index (χ2v) is 5.36. The van der Waals surface area contributed by atoms with Gasteiger partial charge < -0.3 is 10.4 Å². The van der Waals surface area contributed by atoms with Crippen molar-refractivity contribution in [2.75, 3.05) is 5.32 Å². The molecule has 0 amide bonds. The molecule has 0 spiro atoms. The van der Waals surface area contributed by atoms with E-state index in [2.05, 4.69) is 36.5 Å². The number of fused-ring (bicyclic) bond motifs is 3. The predicted octanol–water partition coefficient (Wildman–Crippen LogP) is 2.84. The van der Waals surface area contributed by atoms with Crippen LogP contribution in [0.15, 0.2) is 24.3 Å². The average Bonchev–Trinajstić information content (AvgIpc) is 2.75. The van der Waals surface area contributed by atoms with Gasteiger partial charge in [-0.25, -0.2) is 4.79 Å². The lowest BCUT2D eigenvalue weighted by molar-refractivity contribution is -0.139. The van der Waals surface area contributed by atoms with Crippen LogP contribution in [0.25, 0.3) is 0 Å². The van der Waals surface area contributed by atoms with Gasteiger partial charge in [0.1, 0.15) is 6.04 Å². The number of anilines is 1. The molecule has 0 saturated carbocycles. The molecule has 2 aliphatic rings. The number of benzene rings is 1. The van der Waals surface area contributed by atoms with Crippen molar-refractivity contribution in [3.8, 4) is 0 Å². The fourth-order valence-corrected chi connectivity index (χ4v) is 3.39. The van der Waals surface area contributed by atoms with E-state index in [0.29, 0.717) is 0 Å². The van der Waals surface area contributed by atoms with E-state index < -0.39 is 12.0 Å². The van der Waals surface area contributed by atoms with Crippen molar-refractivity contribution in [1.82, 2.24) is 0 Å². The number of hydrogen-bond donors (Lipinski definition) is 2. The molecule has 1 heterocycles. The lowest BCUT2D eigenvalue weighted by Gasteiger charge is -2.36. The summed E-state index contributed by atoms with van der Waals surface area (Å²) >= 11 is 0. The van der Waals surface area contributed by atoms with Crippen molar-refractivity contribution in [2.24, 2.45) is 5.92 Å². The molecule has 0 aromatic heterocycles. The van der Waals surface area contributed by atoms with Gasteiger partial charge in [0.15, 0.2) is 0 Å². The number of nitrogens with one attached hydrogen (secondary N) is 1. The molecule has 1 aliphatic heterocycles. The molecular formula is C15H17NO2. The van der Waals surface area contributed by atoms with Crippen molar-refractivity contribution in [1.29, 1.82) is 0 Å². The third kappa shape index (κ3) is 1.54. The Morgan fingerprint density at radius 2 is 2.17 bits per heavy atom. The number of hydrogen-bond acceptors (Lipinski definition) is 2. The van der Waals surface area contributed by atoms with Crippen molar-refractivity contribution in [3.63, 3.8) is 0 Å². The summed E-state index contributed by atoms with van der Waals surface area (Å²) in [5.74, 6) is -0.349. The Balaban J connectivity index is 2.14. The zero-order valence-corrected chi connectivity index (χ0v) is 10.6. The maximum Gasteiger partial charge on any atom is 0.326 e. The highest BCUT2D eigenvalue weighted by Gasteiger charge is 2.41. The summed E-state index contributed by atoms with van der Waals surface area (Å²) in [5.41, 5.74) is 4.69. The van der Waals surface area contributed by atoms with E-state index in [0.717, 1.165) is 12.1 Å². The van der Waals surface area contributed by atoms with Crippen LogP contribution in [0.2, 0.25) is 0 Å². The van der Waals surface area contributed by atoms with E-state index in [4.69, 9.17) is 0 Å². The number of aliphatic carboxylic acids is 1. The lowest BCUT2D eigenvalue weighted by atomic mass is 9.77. The number of carbonyl (C=O) groups is 1. The Morgan fingerprint density at radius 1 is 1.39 bits per heavy atom. The molecule has 3 atom stereocenters. The summed E-state index contributed by atoms with van der Waals surface area (Å²) in [5, 5.41) is 12.6. The van der Waals surface area contributed by atoms with E-state index in [1.165, 1.54) is 16.7 Å². The first-order valence-electron chi connectivity index (χ1n) is 6.35. The molecule has 0 bridgehead atoms. The number of carboxylic acid groups (broad SMARTS) is 1. The maximum atomic E-state index is 11.4. The van der Waals surface area contributed by atoms with Gasteiger partial charge >= 0.3 is 5.97 Å². The Morgan fingerprint density at radius 3 is 2.89 bits per heavy atom. The minimum absolute atomic E-state index is 0.149. The summed E-state index contributed by atoms with van der Waals surface area (Å²) in [6, 6.07) is 3.75. The average molecular weight is 243 g/mol. The number of carboxylic acids is 1. The zero-order valence-electron chi connectivity index (χ0n) is 10.6. The van der Waals surface area contributed by atoms with Crippen LogP contribution in [0.4, 0.5) is 5.69 Å². The standard InChI is InChI=1S/C15H17NO2/c1-8-6-9(2)13-10-4-3-5-11(10)14(15(17)18)16-12(13)7-8/h3-4,6-7,10-11,14,16H,5H2,1-2H3,(H,17,18)/t10-,11-,14-/m0/s1. The van der Waals surface area contributed by atoms with Gasteiger partial charge in [-0.05, 0) is 43.0 Å². The van der Waals surface area contributed by atoms with Crippen LogP contribution < -0.4 is 5.32 Å². The van der Waals surface area contributed by atoms with Crippen molar-refractivity contribution >= 4 is 11.7 Å². The summed E-state index contributed by atoms with van der Waals surface area (Å²) in [7, 11) is 0. The molecule has 3 rings (SSSR count). The largest absolute Gasteiger partial charge is 0.480 e. The third-order valence-corrected chi connectivity index (χ3v) is 4.08. The van der Waals surface area contributed by atoms with Crippen molar-refractivity contribution in [3.05, 3.63) is 41.0 Å². The molecule has 94 valence electrons. The van der Waals surface area contributed by atoms with Gasteiger partial charge in [0.05, 0.1) is 0 Å². The zero-order chi connectivity index (χ0) is 12.9. The van der Waals surface area contributed by atoms with Crippen LogP contribution in [0.3, 0.4) is 0 Å². The minimum Gasteiger partial charge on any atom is -0.480 e. The normalized spacial score (nSPS) is 28.4. The minimum atomic E-state index is -0.751. The Labute approximate surface area is 107 Å². The highest BCUT2D eigenvalue weighted by atomic mass is 16.4. The predicted molar refractivity (Wildman–Crippen MR) is 71.0 cm³/mol. The number of rotatable bonds is 1. The molecule has 3 nitrogen and oxygen atoms in total. The summed E-state index contributed by atoms with van der Waals surface area (Å²) in [6.45, 7) is 4.15. The first-order chi connectivity index (χ1) is 8.58. The molecule has 0 fully saturated rings. The van der Waals surface area contributed by atoms with Gasteiger partial charge in [0, 0.05) is 17.5 Å². The molecule has 2 N–H and O–H groups in total. The van der Waals surface area contributed by atoms with Crippen LogP contribution >= 0.6 is 0 Å². The molecule has 0 saturated heterocycles. The first-order valence-corrected chi connectivity index (χ1v) is 6.35. The van der Waals surface area contributed by atoms with E-state index in [1.807, 2.05) is 6.92 Å². The van der Waals surface area contributed by atoms with E-state index in [1.54, 1.807) is 0 Å². The van der Waals surface area contributed by atoms with Crippen LogP contribution in [0.5, 0.6) is 0 Å². The lowest BCUT2D eigenvalue weighted by Crippen LogP contribution is -2.42. The fourth-order valence-electron chi connectivity index (χ4n) is 3.39. The smallest absolute Gasteiger partial charge is 0.326 e. The molecular weight excluding hydrogens is 226 g/mol. The third-order valence-electron chi connectivity index (χ3n) is 4.08. The van der Waals surface area contributed by atoms with E-state index in [9.17, 15) is 9.90 Å². The Bertz CT molecular complexity index is 548. The fraction of sp³-hybridized carbons (Fsp3) is 0.400. The van der Waals surface area contributed by atoms with Crippen LogP contribution in [0, 0.1) is 19.8 Å². The SMILES string of the molecule is Cc1cc(C)c2c(c1)N[C@H](C(=O)O)[C@H]1CC=C[C@H]21. The first kappa shape index (κ1) is 11.3. The molecule has 3 heteroatoms. The Kier molecular flexibility index (Phi) is 2.44. The monoisotopic (exact) mass is 243 g/mol. The van der Waals surface area contributed by atoms with Crippen molar-refractivity contribution in [2.45, 2.75) is 32.2 Å². The number of allylic oxidation sites excluding steroid dienone is 2. The highest BCUT2D eigenvalue weighted by molar-refractivity contribution is 5.81.